The Morgan fingerprint density at radius 1 is 1.50 bits per heavy atom. The van der Waals surface area contributed by atoms with E-state index in [0.29, 0.717) is 0 Å². The van der Waals surface area contributed by atoms with Gasteiger partial charge in [0.1, 0.15) is 5.60 Å². The molecular formula is C12H17NO. The summed E-state index contributed by atoms with van der Waals surface area (Å²) in [5, 5.41) is 0. The van der Waals surface area contributed by atoms with Crippen LogP contribution in [0.2, 0.25) is 0 Å². The Balaban J connectivity index is 3.34. The average molecular weight is 191 g/mol. The lowest BCUT2D eigenvalue weighted by atomic mass is 9.96. The summed E-state index contributed by atoms with van der Waals surface area (Å²) in [6.07, 6.45) is 3.64. The van der Waals surface area contributed by atoms with Gasteiger partial charge in [-0.2, -0.15) is 0 Å². The molecule has 1 heterocycles. The highest BCUT2D eigenvalue weighted by atomic mass is 16.5. The maximum atomic E-state index is 5.41. The predicted octanol–water partition coefficient (Wildman–Crippen LogP) is 2.91. The fourth-order valence-electron chi connectivity index (χ4n) is 1.40. The molecule has 0 aliphatic rings. The van der Waals surface area contributed by atoms with Crippen LogP contribution in [0.1, 0.15) is 30.7 Å². The van der Waals surface area contributed by atoms with E-state index in [1.54, 1.807) is 13.3 Å². The van der Waals surface area contributed by atoms with Gasteiger partial charge < -0.3 is 4.74 Å². The molecule has 0 aromatic carbocycles. The van der Waals surface area contributed by atoms with Crippen molar-refractivity contribution >= 4 is 6.08 Å². The smallest absolute Gasteiger partial charge is 0.105 e. The Hall–Kier alpha value is -1.15. The number of methoxy groups -OCH3 is 1. The van der Waals surface area contributed by atoms with Crippen LogP contribution in [-0.4, -0.2) is 12.1 Å². The fourth-order valence-corrected chi connectivity index (χ4v) is 1.40. The minimum absolute atomic E-state index is 0.366. The van der Waals surface area contributed by atoms with E-state index in [4.69, 9.17) is 4.74 Å². The van der Waals surface area contributed by atoms with Crippen molar-refractivity contribution in [3.8, 4) is 0 Å². The first-order valence-corrected chi connectivity index (χ1v) is 4.66. The van der Waals surface area contributed by atoms with E-state index in [2.05, 4.69) is 11.6 Å². The van der Waals surface area contributed by atoms with E-state index in [-0.39, 0.29) is 5.60 Å². The number of hydrogen-bond donors (Lipinski definition) is 0. The second-order valence-electron chi connectivity index (χ2n) is 3.81. The van der Waals surface area contributed by atoms with Crippen molar-refractivity contribution in [2.24, 2.45) is 0 Å². The first-order chi connectivity index (χ1) is 6.53. The highest BCUT2D eigenvalue weighted by molar-refractivity contribution is 5.55. The molecule has 0 unspecified atom stereocenters. The monoisotopic (exact) mass is 191 g/mol. The number of aryl methyl sites for hydroxylation is 1. The van der Waals surface area contributed by atoms with Crippen LogP contribution >= 0.6 is 0 Å². The predicted molar refractivity (Wildman–Crippen MR) is 59.1 cm³/mol. The summed E-state index contributed by atoms with van der Waals surface area (Å²) < 4.78 is 5.41. The lowest BCUT2D eigenvalue weighted by Crippen LogP contribution is -2.22. The minimum Gasteiger partial charge on any atom is -0.372 e. The number of ether oxygens (including phenoxy) is 1. The fraction of sp³-hybridized carbons (Fsp3) is 0.417. The highest BCUT2D eigenvalue weighted by Crippen LogP contribution is 2.27. The van der Waals surface area contributed by atoms with Gasteiger partial charge in [0.15, 0.2) is 0 Å². The zero-order valence-corrected chi connectivity index (χ0v) is 9.29. The van der Waals surface area contributed by atoms with E-state index in [1.165, 1.54) is 5.56 Å². The summed E-state index contributed by atoms with van der Waals surface area (Å²) in [4.78, 5) is 4.36. The third kappa shape index (κ3) is 1.85. The summed E-state index contributed by atoms with van der Waals surface area (Å²) in [5.74, 6) is 0. The molecule has 0 amide bonds. The van der Waals surface area contributed by atoms with Gasteiger partial charge in [-0.3, -0.25) is 4.98 Å². The van der Waals surface area contributed by atoms with Crippen molar-refractivity contribution in [2.75, 3.05) is 7.11 Å². The lowest BCUT2D eigenvalue weighted by Gasteiger charge is -2.24. The van der Waals surface area contributed by atoms with Gasteiger partial charge in [0, 0.05) is 18.9 Å². The standard InChI is InChI=1S/C12H17NO/c1-6-10-9(2)7-8-13-11(10)12(3,4)14-5/h6-8H,1H2,2-5H3. The molecule has 0 bridgehead atoms. The molecule has 1 aromatic heterocycles. The maximum absolute atomic E-state index is 5.41. The molecule has 0 radical (unpaired) electrons. The first kappa shape index (κ1) is 10.9. The summed E-state index contributed by atoms with van der Waals surface area (Å²) in [7, 11) is 1.69. The van der Waals surface area contributed by atoms with E-state index < -0.39 is 0 Å². The van der Waals surface area contributed by atoms with E-state index >= 15 is 0 Å². The summed E-state index contributed by atoms with van der Waals surface area (Å²) in [6, 6.07) is 1.98. The summed E-state index contributed by atoms with van der Waals surface area (Å²) >= 11 is 0. The van der Waals surface area contributed by atoms with Crippen LogP contribution in [0.25, 0.3) is 6.08 Å². The zero-order valence-electron chi connectivity index (χ0n) is 9.29. The SMILES string of the molecule is C=Cc1c(C)ccnc1C(C)(C)OC. The molecule has 76 valence electrons. The molecule has 0 spiro atoms. The number of aromatic nitrogens is 1. The lowest BCUT2D eigenvalue weighted by molar-refractivity contribution is 0.0153. The molecule has 0 N–H and O–H groups in total. The Kier molecular flexibility index (Phi) is 3.06. The van der Waals surface area contributed by atoms with Gasteiger partial charge in [0.25, 0.3) is 0 Å². The minimum atomic E-state index is -0.366. The third-order valence-corrected chi connectivity index (χ3v) is 2.49. The molecule has 14 heavy (non-hydrogen) atoms. The summed E-state index contributed by atoms with van der Waals surface area (Å²) in [6.45, 7) is 9.86. The number of rotatable bonds is 3. The van der Waals surface area contributed by atoms with Crippen molar-refractivity contribution in [1.29, 1.82) is 0 Å². The quantitative estimate of drug-likeness (QED) is 0.733. The Morgan fingerprint density at radius 2 is 2.14 bits per heavy atom. The van der Waals surface area contributed by atoms with Gasteiger partial charge >= 0.3 is 0 Å². The van der Waals surface area contributed by atoms with Crippen molar-refractivity contribution < 1.29 is 4.74 Å². The average Bonchev–Trinajstić information content (AvgIpc) is 2.17. The normalized spacial score (nSPS) is 11.4. The van der Waals surface area contributed by atoms with Gasteiger partial charge in [-0.1, -0.05) is 12.7 Å². The van der Waals surface area contributed by atoms with Gasteiger partial charge in [0.05, 0.1) is 5.69 Å². The molecule has 2 heteroatoms. The van der Waals surface area contributed by atoms with Crippen LogP contribution in [-0.2, 0) is 10.3 Å². The van der Waals surface area contributed by atoms with Crippen LogP contribution in [0.4, 0.5) is 0 Å². The molecule has 0 saturated heterocycles. The number of hydrogen-bond acceptors (Lipinski definition) is 2. The van der Waals surface area contributed by atoms with Crippen LogP contribution in [0.15, 0.2) is 18.8 Å². The Morgan fingerprint density at radius 3 is 2.64 bits per heavy atom. The van der Waals surface area contributed by atoms with Crippen LogP contribution in [0, 0.1) is 6.92 Å². The van der Waals surface area contributed by atoms with Gasteiger partial charge in [0.2, 0.25) is 0 Å². The van der Waals surface area contributed by atoms with Crippen molar-refractivity contribution in [3.05, 3.63) is 35.7 Å². The second kappa shape index (κ2) is 3.93. The molecule has 1 aromatic rings. The molecule has 2 nitrogen and oxygen atoms in total. The molecule has 0 atom stereocenters. The van der Waals surface area contributed by atoms with E-state index in [0.717, 1.165) is 11.3 Å². The van der Waals surface area contributed by atoms with Crippen LogP contribution in [0.5, 0.6) is 0 Å². The van der Waals surface area contributed by atoms with Gasteiger partial charge in [-0.15, -0.1) is 0 Å². The van der Waals surface area contributed by atoms with Gasteiger partial charge in [-0.25, -0.2) is 0 Å². The molecule has 0 fully saturated rings. The third-order valence-electron chi connectivity index (χ3n) is 2.49. The molecule has 0 aliphatic carbocycles. The first-order valence-electron chi connectivity index (χ1n) is 4.66. The number of nitrogens with zero attached hydrogens (tertiary/aromatic N) is 1. The maximum Gasteiger partial charge on any atom is 0.105 e. The van der Waals surface area contributed by atoms with Gasteiger partial charge in [-0.05, 0) is 32.4 Å². The van der Waals surface area contributed by atoms with Crippen LogP contribution < -0.4 is 0 Å². The molecule has 1 rings (SSSR count). The molecule has 0 saturated carbocycles. The largest absolute Gasteiger partial charge is 0.372 e. The second-order valence-corrected chi connectivity index (χ2v) is 3.81. The van der Waals surface area contributed by atoms with Crippen molar-refractivity contribution in [3.63, 3.8) is 0 Å². The zero-order chi connectivity index (χ0) is 10.8. The van der Waals surface area contributed by atoms with Crippen molar-refractivity contribution in [1.82, 2.24) is 4.98 Å². The van der Waals surface area contributed by atoms with E-state index in [9.17, 15) is 0 Å². The molecule has 0 aliphatic heterocycles. The summed E-state index contributed by atoms with van der Waals surface area (Å²) in [5.41, 5.74) is 2.82. The molecular weight excluding hydrogens is 174 g/mol. The highest BCUT2D eigenvalue weighted by Gasteiger charge is 2.24. The number of pyridine rings is 1. The Bertz CT molecular complexity index is 342. The topological polar surface area (TPSA) is 22.1 Å². The Labute approximate surface area is 85.6 Å². The van der Waals surface area contributed by atoms with Crippen LogP contribution in [0.3, 0.4) is 0 Å². The van der Waals surface area contributed by atoms with E-state index in [1.807, 2.05) is 32.9 Å². The van der Waals surface area contributed by atoms with Crippen molar-refractivity contribution in [2.45, 2.75) is 26.4 Å².